The Labute approximate surface area is 94.8 Å². The summed E-state index contributed by atoms with van der Waals surface area (Å²) >= 11 is 5.13. The van der Waals surface area contributed by atoms with Crippen molar-refractivity contribution in [1.29, 1.82) is 0 Å². The van der Waals surface area contributed by atoms with Crippen molar-refractivity contribution in [2.75, 3.05) is 0 Å². The number of halogens is 1. The molecule has 0 radical (unpaired) electrons. The third-order valence-corrected chi connectivity index (χ3v) is 1.58. The Morgan fingerprint density at radius 3 is 2.13 bits per heavy atom. The van der Waals surface area contributed by atoms with Crippen molar-refractivity contribution in [2.45, 2.75) is 52.1 Å². The molecule has 0 aromatic heterocycles. The molecule has 0 unspecified atom stereocenters. The number of rotatable bonds is 6. The number of carbonyl (C=O) groups excluding carboxylic acids is 2. The Hall–Kier alpha value is -0.610. The largest absolute Gasteiger partial charge is 0.342 e. The lowest BCUT2D eigenvalue weighted by atomic mass is 10.2. The van der Waals surface area contributed by atoms with Gasteiger partial charge in [-0.15, -0.1) is 0 Å². The van der Waals surface area contributed by atoms with Gasteiger partial charge in [0.2, 0.25) is 5.24 Å². The highest BCUT2D eigenvalue weighted by atomic mass is 35.5. The van der Waals surface area contributed by atoms with Gasteiger partial charge in [-0.3, -0.25) is 9.68 Å². The summed E-state index contributed by atoms with van der Waals surface area (Å²) in [6, 6.07) is 0. The van der Waals surface area contributed by atoms with Crippen LogP contribution in [0.1, 0.15) is 46.5 Å². The van der Waals surface area contributed by atoms with Crippen LogP contribution >= 0.6 is 11.6 Å². The number of carbonyl (C=O) groups is 2. The van der Waals surface area contributed by atoms with Crippen molar-refractivity contribution >= 4 is 22.8 Å². The Morgan fingerprint density at radius 2 is 1.67 bits per heavy atom. The van der Waals surface area contributed by atoms with E-state index in [0.717, 1.165) is 0 Å². The molecular formula is C10H17ClO4. The van der Waals surface area contributed by atoms with Gasteiger partial charge in [0.25, 0.3) is 0 Å². The number of unbranched alkanes of at least 4 members (excludes halogenated alkanes) is 1. The maximum atomic E-state index is 11.1. The molecule has 0 N–H and O–H groups in total. The first kappa shape index (κ1) is 14.4. The molecule has 0 bridgehead atoms. The highest BCUT2D eigenvalue weighted by Crippen LogP contribution is 2.09. The van der Waals surface area contributed by atoms with Crippen molar-refractivity contribution in [2.24, 2.45) is 0 Å². The van der Waals surface area contributed by atoms with Crippen molar-refractivity contribution in [1.82, 2.24) is 0 Å². The second-order valence-electron chi connectivity index (χ2n) is 4.21. The highest BCUT2D eigenvalue weighted by molar-refractivity contribution is 6.63. The molecule has 0 aliphatic rings. The van der Waals surface area contributed by atoms with Gasteiger partial charge in [-0.25, -0.2) is 4.79 Å². The highest BCUT2D eigenvalue weighted by Gasteiger charge is 2.14. The van der Waals surface area contributed by atoms with Crippen molar-refractivity contribution in [3.05, 3.63) is 0 Å². The van der Waals surface area contributed by atoms with Crippen molar-refractivity contribution in [3.8, 4) is 0 Å². The molecule has 0 heterocycles. The summed E-state index contributed by atoms with van der Waals surface area (Å²) in [5.41, 5.74) is -0.498. The van der Waals surface area contributed by atoms with E-state index in [-0.39, 0.29) is 18.1 Å². The van der Waals surface area contributed by atoms with Gasteiger partial charge in [-0.2, -0.15) is 4.89 Å². The molecule has 0 rings (SSSR count). The van der Waals surface area contributed by atoms with E-state index in [4.69, 9.17) is 16.5 Å². The second-order valence-corrected chi connectivity index (χ2v) is 4.63. The van der Waals surface area contributed by atoms with E-state index < -0.39 is 11.6 Å². The van der Waals surface area contributed by atoms with Gasteiger partial charge in [0.15, 0.2) is 0 Å². The van der Waals surface area contributed by atoms with Crippen LogP contribution < -0.4 is 0 Å². The zero-order valence-corrected chi connectivity index (χ0v) is 10.1. The van der Waals surface area contributed by atoms with Gasteiger partial charge in [-0.1, -0.05) is 0 Å². The van der Waals surface area contributed by atoms with Crippen molar-refractivity contribution in [3.63, 3.8) is 0 Å². The Kier molecular flexibility index (Phi) is 6.52. The molecule has 5 heteroatoms. The van der Waals surface area contributed by atoms with Crippen LogP contribution in [0.2, 0.25) is 0 Å². The fraction of sp³-hybridized carbons (Fsp3) is 0.800. The number of hydrogen-bond donors (Lipinski definition) is 0. The summed E-state index contributed by atoms with van der Waals surface area (Å²) in [6.45, 7) is 5.35. The first-order valence-corrected chi connectivity index (χ1v) is 5.26. The minimum Gasteiger partial charge on any atom is -0.298 e. The predicted molar refractivity (Wildman–Crippen MR) is 56.3 cm³/mol. The Bertz CT molecular complexity index is 220. The molecular weight excluding hydrogens is 220 g/mol. The van der Waals surface area contributed by atoms with E-state index in [1.807, 2.05) is 0 Å². The molecule has 15 heavy (non-hydrogen) atoms. The lowest BCUT2D eigenvalue weighted by Crippen LogP contribution is -2.21. The minimum atomic E-state index is -0.498. The summed E-state index contributed by atoms with van der Waals surface area (Å²) < 4.78 is 0. The SMILES string of the molecule is CC(C)(C)OOC(=O)CCCCC(=O)Cl. The topological polar surface area (TPSA) is 52.6 Å². The van der Waals surface area contributed by atoms with E-state index in [0.29, 0.717) is 12.8 Å². The molecule has 0 aliphatic carbocycles. The summed E-state index contributed by atoms with van der Waals surface area (Å²) in [4.78, 5) is 30.8. The second kappa shape index (κ2) is 6.80. The normalized spacial score (nSPS) is 11.2. The average Bonchev–Trinajstić information content (AvgIpc) is 2.07. The lowest BCUT2D eigenvalue weighted by Gasteiger charge is -2.16. The van der Waals surface area contributed by atoms with Crippen LogP contribution in [0.5, 0.6) is 0 Å². The molecule has 0 amide bonds. The first-order valence-electron chi connectivity index (χ1n) is 4.88. The lowest BCUT2D eigenvalue weighted by molar-refractivity contribution is -0.320. The van der Waals surface area contributed by atoms with E-state index >= 15 is 0 Å². The molecule has 0 fully saturated rings. The number of hydrogen-bond acceptors (Lipinski definition) is 4. The Balaban J connectivity index is 3.46. The van der Waals surface area contributed by atoms with Gasteiger partial charge in [-0.05, 0) is 45.2 Å². The zero-order valence-electron chi connectivity index (χ0n) is 9.34. The molecule has 88 valence electrons. The molecule has 0 spiro atoms. The maximum absolute atomic E-state index is 11.1. The van der Waals surface area contributed by atoms with Crippen LogP contribution in [0.4, 0.5) is 0 Å². The summed E-state index contributed by atoms with van der Waals surface area (Å²) in [6.07, 6.45) is 1.69. The van der Waals surface area contributed by atoms with Gasteiger partial charge >= 0.3 is 5.97 Å². The maximum Gasteiger partial charge on any atom is 0.342 e. The van der Waals surface area contributed by atoms with E-state index in [1.165, 1.54) is 0 Å². The van der Waals surface area contributed by atoms with E-state index in [9.17, 15) is 9.59 Å². The molecule has 0 saturated carbocycles. The summed E-state index contributed by atoms with van der Waals surface area (Å²) in [5.74, 6) is -0.424. The van der Waals surface area contributed by atoms with Gasteiger partial charge in [0, 0.05) is 12.8 Å². The monoisotopic (exact) mass is 236 g/mol. The van der Waals surface area contributed by atoms with Crippen LogP contribution in [-0.2, 0) is 19.4 Å². The average molecular weight is 237 g/mol. The van der Waals surface area contributed by atoms with Crippen LogP contribution in [-0.4, -0.2) is 16.8 Å². The van der Waals surface area contributed by atoms with E-state index in [1.54, 1.807) is 20.8 Å². The fourth-order valence-corrected chi connectivity index (χ4v) is 0.880. The molecule has 0 aromatic rings. The minimum absolute atomic E-state index is 0.236. The van der Waals surface area contributed by atoms with Crippen LogP contribution in [0.3, 0.4) is 0 Å². The smallest absolute Gasteiger partial charge is 0.298 e. The van der Waals surface area contributed by atoms with Crippen LogP contribution in [0.15, 0.2) is 0 Å². The van der Waals surface area contributed by atoms with Crippen LogP contribution in [0, 0.1) is 0 Å². The summed E-state index contributed by atoms with van der Waals surface area (Å²) in [5, 5.41) is -0.380. The predicted octanol–water partition coefficient (Wildman–Crippen LogP) is 2.59. The summed E-state index contributed by atoms with van der Waals surface area (Å²) in [7, 11) is 0. The molecule has 4 nitrogen and oxygen atoms in total. The van der Waals surface area contributed by atoms with Crippen LogP contribution in [0.25, 0.3) is 0 Å². The Morgan fingerprint density at radius 1 is 1.13 bits per heavy atom. The fourth-order valence-electron chi connectivity index (χ4n) is 0.746. The molecule has 0 aliphatic heterocycles. The zero-order chi connectivity index (χ0) is 11.9. The van der Waals surface area contributed by atoms with Gasteiger partial charge in [0.1, 0.15) is 5.60 Å². The molecule has 0 aromatic carbocycles. The first-order chi connectivity index (χ1) is 6.81. The standard InChI is InChI=1S/C10H17ClO4/c1-10(2,3)15-14-9(13)7-5-4-6-8(11)12/h4-7H2,1-3H3. The quantitative estimate of drug-likeness (QED) is 0.308. The van der Waals surface area contributed by atoms with E-state index in [2.05, 4.69) is 4.89 Å². The van der Waals surface area contributed by atoms with Gasteiger partial charge < -0.3 is 0 Å². The van der Waals surface area contributed by atoms with Gasteiger partial charge in [0.05, 0.1) is 0 Å². The third-order valence-electron chi connectivity index (χ3n) is 1.39. The molecule has 0 saturated heterocycles. The third kappa shape index (κ3) is 11.3. The molecule has 0 atom stereocenters. The van der Waals surface area contributed by atoms with Crippen molar-refractivity contribution < 1.29 is 19.4 Å².